The number of hydrogen-bond acceptors (Lipinski definition) is 15. The second-order valence-corrected chi connectivity index (χ2v) is 27.1. The first kappa shape index (κ1) is 80.1. The summed E-state index contributed by atoms with van der Waals surface area (Å²) in [6, 6.07) is 0. The van der Waals surface area contributed by atoms with E-state index in [1.807, 2.05) is 0 Å². The standard InChI is InChI=1S/C63H122O17P2/c1-9-55(7)41-33-25-15-13-11-12-14-16-29-37-45-62(67)79-58(49-73-60(65)43-35-27-20-17-23-31-39-53(3)4)51-77-81(69,70)75-47-57(64)48-76-82(71,72)78-52-59(80-63(68)46-38-30-21-18-24-32-40-54(5)6)50-74-61(66)44-36-28-22-19-26-34-42-56(8)10-2/h53-59,64H,9-52H2,1-8H3,(H,69,70)(H,71,72)/t55?,56?,57-,58+,59+/m0/s1. The predicted octanol–water partition coefficient (Wildman–Crippen LogP) is 17.0. The maximum atomic E-state index is 13.0. The molecule has 0 saturated carbocycles. The molecule has 0 rings (SSSR count). The first-order valence-electron chi connectivity index (χ1n) is 32.8. The van der Waals surface area contributed by atoms with E-state index < -0.39 is 97.5 Å². The van der Waals surface area contributed by atoms with Crippen LogP contribution in [0.3, 0.4) is 0 Å². The minimum absolute atomic E-state index is 0.100. The minimum Gasteiger partial charge on any atom is -0.462 e. The zero-order valence-corrected chi connectivity index (χ0v) is 54.9. The number of carbonyl (C=O) groups excluding carboxylic acids is 4. The number of aliphatic hydroxyl groups is 1. The highest BCUT2D eigenvalue weighted by Crippen LogP contribution is 2.45. The lowest BCUT2D eigenvalue weighted by Gasteiger charge is -2.21. The van der Waals surface area contributed by atoms with E-state index in [0.717, 1.165) is 115 Å². The van der Waals surface area contributed by atoms with Gasteiger partial charge in [-0.25, -0.2) is 9.13 Å². The normalized spacial score (nSPS) is 15.1. The molecule has 0 bridgehead atoms. The van der Waals surface area contributed by atoms with Crippen molar-refractivity contribution in [3.05, 3.63) is 0 Å². The number of rotatable bonds is 60. The third-order valence-corrected chi connectivity index (χ3v) is 16.9. The third-order valence-electron chi connectivity index (χ3n) is 15.0. The van der Waals surface area contributed by atoms with Crippen LogP contribution in [-0.4, -0.2) is 96.7 Å². The molecule has 4 unspecified atom stereocenters. The first-order valence-corrected chi connectivity index (χ1v) is 35.8. The van der Waals surface area contributed by atoms with Gasteiger partial charge in [0.05, 0.1) is 26.4 Å². The Bertz CT molecular complexity index is 1650. The molecule has 3 N–H and O–H groups in total. The van der Waals surface area contributed by atoms with Gasteiger partial charge in [0.25, 0.3) is 0 Å². The van der Waals surface area contributed by atoms with Crippen LogP contribution in [0.5, 0.6) is 0 Å². The maximum Gasteiger partial charge on any atom is 0.472 e. The Morgan fingerprint density at radius 1 is 0.341 bits per heavy atom. The summed E-state index contributed by atoms with van der Waals surface area (Å²) in [5, 5.41) is 10.5. The zero-order valence-electron chi connectivity index (χ0n) is 53.1. The van der Waals surface area contributed by atoms with Gasteiger partial charge in [-0.05, 0) is 49.4 Å². The average molecular weight is 1210 g/mol. The van der Waals surface area contributed by atoms with Gasteiger partial charge in [-0.2, -0.15) is 0 Å². The van der Waals surface area contributed by atoms with Crippen molar-refractivity contribution in [1.29, 1.82) is 0 Å². The summed E-state index contributed by atoms with van der Waals surface area (Å²) >= 11 is 0. The van der Waals surface area contributed by atoms with Crippen molar-refractivity contribution in [1.82, 2.24) is 0 Å². The first-order chi connectivity index (χ1) is 39.2. The van der Waals surface area contributed by atoms with Gasteiger partial charge < -0.3 is 33.8 Å². The summed E-state index contributed by atoms with van der Waals surface area (Å²) in [7, 11) is -9.89. The van der Waals surface area contributed by atoms with Crippen LogP contribution in [0.25, 0.3) is 0 Å². The molecular weight excluding hydrogens is 1090 g/mol. The largest absolute Gasteiger partial charge is 0.472 e. The van der Waals surface area contributed by atoms with Gasteiger partial charge in [0.15, 0.2) is 12.2 Å². The van der Waals surface area contributed by atoms with Gasteiger partial charge in [-0.15, -0.1) is 0 Å². The van der Waals surface area contributed by atoms with Crippen LogP contribution in [0.4, 0.5) is 0 Å². The Kier molecular flexibility index (Phi) is 52.0. The molecule has 0 saturated heterocycles. The fraction of sp³-hybridized carbons (Fsp3) is 0.937. The predicted molar refractivity (Wildman–Crippen MR) is 326 cm³/mol. The van der Waals surface area contributed by atoms with E-state index in [9.17, 15) is 43.2 Å². The number of hydrogen-bond donors (Lipinski definition) is 3. The van der Waals surface area contributed by atoms with E-state index in [-0.39, 0.29) is 25.7 Å². The van der Waals surface area contributed by atoms with Crippen LogP contribution in [0.15, 0.2) is 0 Å². The van der Waals surface area contributed by atoms with Gasteiger partial charge in [0, 0.05) is 25.7 Å². The summed E-state index contributed by atoms with van der Waals surface area (Å²) < 4.78 is 67.9. The molecule has 17 nitrogen and oxygen atoms in total. The molecule has 19 heteroatoms. The molecule has 0 aliphatic heterocycles. The quantitative estimate of drug-likeness (QED) is 0.0222. The van der Waals surface area contributed by atoms with Crippen molar-refractivity contribution in [2.75, 3.05) is 39.6 Å². The molecule has 0 heterocycles. The number of unbranched alkanes of at least 4 members (excludes halogenated alkanes) is 24. The molecule has 0 aromatic heterocycles. The molecule has 0 spiro atoms. The lowest BCUT2D eigenvalue weighted by atomic mass is 9.99. The molecule has 0 aliphatic rings. The molecular formula is C63H122O17P2. The van der Waals surface area contributed by atoms with Crippen molar-refractivity contribution in [3.63, 3.8) is 0 Å². The van der Waals surface area contributed by atoms with Crippen LogP contribution in [0.2, 0.25) is 0 Å². The lowest BCUT2D eigenvalue weighted by molar-refractivity contribution is -0.161. The number of aliphatic hydroxyl groups excluding tert-OH is 1. The Morgan fingerprint density at radius 3 is 0.866 bits per heavy atom. The van der Waals surface area contributed by atoms with E-state index in [1.165, 1.54) is 89.9 Å². The van der Waals surface area contributed by atoms with Gasteiger partial charge in [-0.3, -0.25) is 37.3 Å². The summed E-state index contributed by atoms with van der Waals surface area (Å²) in [6.07, 6.45) is 32.4. The van der Waals surface area contributed by atoms with Crippen LogP contribution < -0.4 is 0 Å². The molecule has 486 valence electrons. The minimum atomic E-state index is -4.94. The summed E-state index contributed by atoms with van der Waals surface area (Å²) in [4.78, 5) is 72.1. The average Bonchev–Trinajstić information content (AvgIpc) is 3.45. The van der Waals surface area contributed by atoms with Gasteiger partial charge >= 0.3 is 39.5 Å². The number of ether oxygens (including phenoxy) is 4. The number of phosphoric ester groups is 2. The molecule has 82 heavy (non-hydrogen) atoms. The number of esters is 4. The van der Waals surface area contributed by atoms with Gasteiger partial charge in [0.2, 0.25) is 0 Å². The molecule has 0 radical (unpaired) electrons. The molecule has 7 atom stereocenters. The monoisotopic (exact) mass is 1210 g/mol. The summed E-state index contributed by atoms with van der Waals surface area (Å²) in [5.41, 5.74) is 0. The zero-order chi connectivity index (χ0) is 61.1. The highest BCUT2D eigenvalue weighted by atomic mass is 31.2. The van der Waals surface area contributed by atoms with Crippen molar-refractivity contribution < 1.29 is 80.2 Å². The SMILES string of the molecule is CCC(C)CCCCCCCCCCCCC(=O)O[C@H](COC(=O)CCCCCCCCC(C)C)COP(=O)(O)OC[C@H](O)COP(=O)(O)OC[C@@H](COC(=O)CCCCCCCCC(C)CC)OC(=O)CCCCCCCCC(C)C. The highest BCUT2D eigenvalue weighted by molar-refractivity contribution is 7.47. The molecule has 0 amide bonds. The summed E-state index contributed by atoms with van der Waals surface area (Å²) in [6.45, 7) is 13.9. The van der Waals surface area contributed by atoms with Crippen LogP contribution in [0.1, 0.15) is 299 Å². The molecule has 0 aliphatic carbocycles. The fourth-order valence-electron chi connectivity index (χ4n) is 9.19. The molecule has 0 aromatic rings. The van der Waals surface area contributed by atoms with E-state index in [1.54, 1.807) is 0 Å². The Morgan fingerprint density at radius 2 is 0.585 bits per heavy atom. The smallest absolute Gasteiger partial charge is 0.462 e. The van der Waals surface area contributed by atoms with E-state index in [0.29, 0.717) is 37.5 Å². The van der Waals surface area contributed by atoms with Crippen molar-refractivity contribution >= 4 is 39.5 Å². The second kappa shape index (κ2) is 53.3. The highest BCUT2D eigenvalue weighted by Gasteiger charge is 2.30. The fourth-order valence-corrected chi connectivity index (χ4v) is 10.8. The Balaban J connectivity index is 5.24. The van der Waals surface area contributed by atoms with Crippen molar-refractivity contribution in [3.8, 4) is 0 Å². The van der Waals surface area contributed by atoms with Gasteiger partial charge in [-0.1, -0.05) is 248 Å². The summed E-state index contributed by atoms with van der Waals surface area (Å²) in [5.74, 6) is 0.736. The van der Waals surface area contributed by atoms with E-state index >= 15 is 0 Å². The Labute approximate surface area is 498 Å². The van der Waals surface area contributed by atoms with Crippen molar-refractivity contribution in [2.45, 2.75) is 318 Å². The van der Waals surface area contributed by atoms with Gasteiger partial charge in [0.1, 0.15) is 19.3 Å². The van der Waals surface area contributed by atoms with E-state index in [2.05, 4.69) is 55.4 Å². The second-order valence-electron chi connectivity index (χ2n) is 24.2. The molecule has 0 aromatic carbocycles. The maximum absolute atomic E-state index is 13.0. The third kappa shape index (κ3) is 54.7. The van der Waals surface area contributed by atoms with Crippen LogP contribution >= 0.6 is 15.6 Å². The van der Waals surface area contributed by atoms with Crippen molar-refractivity contribution in [2.24, 2.45) is 23.7 Å². The number of carbonyl (C=O) groups is 4. The Hall–Kier alpha value is -1.94. The van der Waals surface area contributed by atoms with Crippen LogP contribution in [-0.2, 0) is 65.4 Å². The van der Waals surface area contributed by atoms with Crippen LogP contribution in [0, 0.1) is 23.7 Å². The molecule has 0 fully saturated rings. The topological polar surface area (TPSA) is 237 Å². The number of phosphoric acid groups is 2. The van der Waals surface area contributed by atoms with E-state index in [4.69, 9.17) is 37.0 Å². The lowest BCUT2D eigenvalue weighted by Crippen LogP contribution is -2.30.